The molecule has 0 fully saturated rings. The highest BCUT2D eigenvalue weighted by Crippen LogP contribution is 2.20. The van der Waals surface area contributed by atoms with Gasteiger partial charge in [0.05, 0.1) is 12.9 Å². The second kappa shape index (κ2) is 5.50. The van der Waals surface area contributed by atoms with Crippen LogP contribution in [-0.2, 0) is 4.74 Å². The normalized spacial score (nSPS) is 12.3. The molecule has 0 saturated heterocycles. The third-order valence-corrected chi connectivity index (χ3v) is 2.30. The van der Waals surface area contributed by atoms with Gasteiger partial charge >= 0.3 is 0 Å². The molecule has 0 bridgehead atoms. The Morgan fingerprint density at radius 3 is 3.06 bits per heavy atom. The quantitative estimate of drug-likeness (QED) is 0.873. The SMILES string of the molecule is COC[C@@H](C)NC(=O)c1cc(-c2ccco2)on1. The summed E-state index contributed by atoms with van der Waals surface area (Å²) < 4.78 is 15.1. The van der Waals surface area contributed by atoms with Crippen LogP contribution < -0.4 is 5.32 Å². The van der Waals surface area contributed by atoms with Crippen LogP contribution in [0.2, 0.25) is 0 Å². The van der Waals surface area contributed by atoms with E-state index in [1.54, 1.807) is 19.2 Å². The van der Waals surface area contributed by atoms with Gasteiger partial charge in [-0.15, -0.1) is 0 Å². The van der Waals surface area contributed by atoms with Crippen molar-refractivity contribution in [3.8, 4) is 11.5 Å². The number of methoxy groups -OCH3 is 1. The Hall–Kier alpha value is -2.08. The number of furan rings is 1. The van der Waals surface area contributed by atoms with E-state index in [0.29, 0.717) is 18.1 Å². The van der Waals surface area contributed by atoms with Crippen LogP contribution in [0.5, 0.6) is 0 Å². The summed E-state index contributed by atoms with van der Waals surface area (Å²) in [6.45, 7) is 2.28. The van der Waals surface area contributed by atoms with Crippen LogP contribution in [-0.4, -0.2) is 30.8 Å². The number of nitrogens with one attached hydrogen (secondary N) is 1. The van der Waals surface area contributed by atoms with Gasteiger partial charge in [-0.2, -0.15) is 0 Å². The van der Waals surface area contributed by atoms with Crippen LogP contribution >= 0.6 is 0 Å². The maximum absolute atomic E-state index is 11.8. The summed E-state index contributed by atoms with van der Waals surface area (Å²) >= 11 is 0. The number of hydrogen-bond donors (Lipinski definition) is 1. The van der Waals surface area contributed by atoms with Gasteiger partial charge in [0.1, 0.15) is 0 Å². The van der Waals surface area contributed by atoms with Crippen LogP contribution in [0.3, 0.4) is 0 Å². The molecular weight excluding hydrogens is 236 g/mol. The summed E-state index contributed by atoms with van der Waals surface area (Å²) in [4.78, 5) is 11.8. The Bertz CT molecular complexity index is 504. The summed E-state index contributed by atoms with van der Waals surface area (Å²) in [5, 5.41) is 6.44. The molecule has 1 atom stereocenters. The average molecular weight is 250 g/mol. The first-order chi connectivity index (χ1) is 8.70. The first-order valence-corrected chi connectivity index (χ1v) is 5.51. The lowest BCUT2D eigenvalue weighted by Crippen LogP contribution is -2.35. The fourth-order valence-electron chi connectivity index (χ4n) is 1.51. The van der Waals surface area contributed by atoms with Crippen LogP contribution in [0.4, 0.5) is 0 Å². The van der Waals surface area contributed by atoms with Crippen molar-refractivity contribution in [1.82, 2.24) is 10.5 Å². The van der Waals surface area contributed by atoms with Crippen LogP contribution in [0.15, 0.2) is 33.4 Å². The minimum Gasteiger partial charge on any atom is -0.461 e. The second-order valence-electron chi connectivity index (χ2n) is 3.88. The number of rotatable bonds is 5. The van der Waals surface area contributed by atoms with Crippen molar-refractivity contribution in [3.05, 3.63) is 30.2 Å². The van der Waals surface area contributed by atoms with Crippen LogP contribution in [0.1, 0.15) is 17.4 Å². The molecule has 18 heavy (non-hydrogen) atoms. The van der Waals surface area contributed by atoms with Gasteiger partial charge < -0.3 is 19.0 Å². The molecule has 0 aromatic carbocycles. The molecule has 0 aliphatic heterocycles. The molecule has 96 valence electrons. The number of carbonyl (C=O) groups excluding carboxylic acids is 1. The van der Waals surface area contributed by atoms with E-state index in [9.17, 15) is 4.79 Å². The average Bonchev–Trinajstić information content (AvgIpc) is 3.00. The number of ether oxygens (including phenoxy) is 1. The molecular formula is C12H14N2O4. The first kappa shape index (κ1) is 12.4. The van der Waals surface area contributed by atoms with Crippen molar-refractivity contribution in [1.29, 1.82) is 0 Å². The molecule has 0 radical (unpaired) electrons. The first-order valence-electron chi connectivity index (χ1n) is 5.51. The minimum atomic E-state index is -0.305. The van der Waals surface area contributed by atoms with Crippen molar-refractivity contribution in [2.75, 3.05) is 13.7 Å². The summed E-state index contributed by atoms with van der Waals surface area (Å²) in [6.07, 6.45) is 1.53. The van der Waals surface area contributed by atoms with Gasteiger partial charge in [0, 0.05) is 19.2 Å². The molecule has 6 nitrogen and oxygen atoms in total. The molecule has 1 amide bonds. The summed E-state index contributed by atoms with van der Waals surface area (Å²) in [7, 11) is 1.58. The van der Waals surface area contributed by atoms with Crippen molar-refractivity contribution in [2.45, 2.75) is 13.0 Å². The second-order valence-corrected chi connectivity index (χ2v) is 3.88. The molecule has 2 heterocycles. The van der Waals surface area contributed by atoms with Gasteiger partial charge in [0.25, 0.3) is 5.91 Å². The monoisotopic (exact) mass is 250 g/mol. The van der Waals surface area contributed by atoms with Crippen molar-refractivity contribution in [3.63, 3.8) is 0 Å². The van der Waals surface area contributed by atoms with E-state index in [0.717, 1.165) is 0 Å². The van der Waals surface area contributed by atoms with Gasteiger partial charge in [0.2, 0.25) is 5.76 Å². The topological polar surface area (TPSA) is 77.5 Å². The van der Waals surface area contributed by atoms with Gasteiger partial charge in [-0.25, -0.2) is 0 Å². The molecule has 1 N–H and O–H groups in total. The third kappa shape index (κ3) is 2.78. The van der Waals surface area contributed by atoms with Gasteiger partial charge in [-0.3, -0.25) is 4.79 Å². The largest absolute Gasteiger partial charge is 0.461 e. The molecule has 0 saturated carbocycles. The van der Waals surface area contributed by atoms with E-state index in [4.69, 9.17) is 13.7 Å². The zero-order valence-electron chi connectivity index (χ0n) is 10.2. The number of hydrogen-bond acceptors (Lipinski definition) is 5. The van der Waals surface area contributed by atoms with E-state index in [2.05, 4.69) is 10.5 Å². The van der Waals surface area contributed by atoms with E-state index < -0.39 is 0 Å². The summed E-state index contributed by atoms with van der Waals surface area (Å²) in [6, 6.07) is 4.91. The molecule has 0 spiro atoms. The highest BCUT2D eigenvalue weighted by Gasteiger charge is 2.16. The smallest absolute Gasteiger partial charge is 0.273 e. The maximum Gasteiger partial charge on any atom is 0.273 e. The number of nitrogens with zero attached hydrogens (tertiary/aromatic N) is 1. The Kier molecular flexibility index (Phi) is 3.78. The van der Waals surface area contributed by atoms with Crippen molar-refractivity contribution in [2.24, 2.45) is 0 Å². The lowest BCUT2D eigenvalue weighted by atomic mass is 10.3. The molecule has 0 unspecified atom stereocenters. The van der Waals surface area contributed by atoms with E-state index in [-0.39, 0.29) is 17.6 Å². The highest BCUT2D eigenvalue weighted by atomic mass is 16.5. The van der Waals surface area contributed by atoms with Crippen molar-refractivity contribution < 1.29 is 18.5 Å². The minimum absolute atomic E-state index is 0.0914. The number of carbonyl (C=O) groups is 1. The summed E-state index contributed by atoms with van der Waals surface area (Å²) in [5.41, 5.74) is 0.212. The maximum atomic E-state index is 11.8. The number of aromatic nitrogens is 1. The Labute approximate surface area is 104 Å². The Morgan fingerprint density at radius 2 is 2.39 bits per heavy atom. The fraction of sp³-hybridized carbons (Fsp3) is 0.333. The van der Waals surface area contributed by atoms with Gasteiger partial charge in [-0.05, 0) is 19.1 Å². The molecule has 2 aromatic rings. The Balaban J connectivity index is 2.04. The van der Waals surface area contributed by atoms with Gasteiger partial charge in [0.15, 0.2) is 11.5 Å². The zero-order chi connectivity index (χ0) is 13.0. The Morgan fingerprint density at radius 1 is 1.56 bits per heavy atom. The van der Waals surface area contributed by atoms with Crippen LogP contribution in [0.25, 0.3) is 11.5 Å². The van der Waals surface area contributed by atoms with Crippen molar-refractivity contribution >= 4 is 5.91 Å². The molecule has 2 aromatic heterocycles. The highest BCUT2D eigenvalue weighted by molar-refractivity contribution is 5.93. The standard InChI is InChI=1S/C12H14N2O4/c1-8(7-16-2)13-12(15)9-6-11(18-14-9)10-4-3-5-17-10/h3-6,8H,7H2,1-2H3,(H,13,15)/t8-/m1/s1. The fourth-order valence-corrected chi connectivity index (χ4v) is 1.51. The molecule has 2 rings (SSSR count). The molecule has 6 heteroatoms. The van der Waals surface area contributed by atoms with E-state index >= 15 is 0 Å². The lowest BCUT2D eigenvalue weighted by Gasteiger charge is -2.10. The lowest BCUT2D eigenvalue weighted by molar-refractivity contribution is 0.0896. The van der Waals surface area contributed by atoms with Crippen LogP contribution in [0, 0.1) is 0 Å². The van der Waals surface area contributed by atoms with Gasteiger partial charge in [-0.1, -0.05) is 5.16 Å². The number of amides is 1. The van der Waals surface area contributed by atoms with E-state index in [1.807, 2.05) is 6.92 Å². The molecule has 0 aliphatic carbocycles. The van der Waals surface area contributed by atoms with E-state index in [1.165, 1.54) is 12.3 Å². The third-order valence-electron chi connectivity index (χ3n) is 2.30. The predicted octanol–water partition coefficient (Wildman–Crippen LogP) is 1.70. The predicted molar refractivity (Wildman–Crippen MR) is 63.0 cm³/mol. The molecule has 0 aliphatic rings. The summed E-state index contributed by atoms with van der Waals surface area (Å²) in [5.74, 6) is 0.650. The zero-order valence-corrected chi connectivity index (χ0v) is 10.2.